The summed E-state index contributed by atoms with van der Waals surface area (Å²) < 4.78 is 13.5. The van der Waals surface area contributed by atoms with Gasteiger partial charge >= 0.3 is 0 Å². The van der Waals surface area contributed by atoms with E-state index < -0.39 is 0 Å². The summed E-state index contributed by atoms with van der Waals surface area (Å²) in [7, 11) is 1.66. The smallest absolute Gasteiger partial charge is 0.221 e. The highest BCUT2D eigenvalue weighted by molar-refractivity contribution is 5.81. The number of guanidine groups is 1. The fourth-order valence-electron chi connectivity index (χ4n) is 1.88. The molecule has 0 atom stereocenters. The number of halogens is 1. The van der Waals surface area contributed by atoms with Gasteiger partial charge in [-0.2, -0.15) is 0 Å². The van der Waals surface area contributed by atoms with E-state index in [-0.39, 0.29) is 11.7 Å². The fraction of sp³-hybridized carbons (Fsp3) is 0.500. The van der Waals surface area contributed by atoms with Crippen molar-refractivity contribution < 1.29 is 9.18 Å². The lowest BCUT2D eigenvalue weighted by Gasteiger charge is -2.12. The van der Waals surface area contributed by atoms with Gasteiger partial charge in [-0.25, -0.2) is 4.39 Å². The predicted octanol–water partition coefficient (Wildman–Crippen LogP) is 1.45. The molecule has 0 unspecified atom stereocenters. The molecular formula is C16H25FN4O. The third-order valence-corrected chi connectivity index (χ3v) is 3.08. The van der Waals surface area contributed by atoms with Gasteiger partial charge in [0.25, 0.3) is 0 Å². The van der Waals surface area contributed by atoms with Crippen molar-refractivity contribution in [3.63, 3.8) is 0 Å². The molecule has 0 fully saturated rings. The zero-order valence-corrected chi connectivity index (χ0v) is 13.3. The van der Waals surface area contributed by atoms with Gasteiger partial charge in [0.15, 0.2) is 5.96 Å². The van der Waals surface area contributed by atoms with E-state index in [4.69, 9.17) is 0 Å². The summed E-state index contributed by atoms with van der Waals surface area (Å²) in [6.07, 6.45) is 1.90. The summed E-state index contributed by atoms with van der Waals surface area (Å²) in [6.45, 7) is 3.80. The number of rotatable bonds is 8. The van der Waals surface area contributed by atoms with Crippen molar-refractivity contribution in [1.82, 2.24) is 16.0 Å². The quantitative estimate of drug-likeness (QED) is 0.503. The number of nitrogens with zero attached hydrogens (tertiary/aromatic N) is 1. The van der Waals surface area contributed by atoms with Gasteiger partial charge in [-0.05, 0) is 24.5 Å². The van der Waals surface area contributed by atoms with Crippen LogP contribution in [0.4, 0.5) is 4.39 Å². The van der Waals surface area contributed by atoms with Crippen LogP contribution in [0.1, 0.15) is 25.3 Å². The molecule has 5 nitrogen and oxygen atoms in total. The Bertz CT molecular complexity index is 491. The summed E-state index contributed by atoms with van der Waals surface area (Å²) in [5.41, 5.74) is 0.671. The van der Waals surface area contributed by atoms with E-state index in [1.54, 1.807) is 19.2 Å². The molecule has 0 aliphatic heterocycles. The van der Waals surface area contributed by atoms with E-state index >= 15 is 0 Å². The zero-order valence-electron chi connectivity index (χ0n) is 13.3. The molecule has 0 heterocycles. The van der Waals surface area contributed by atoms with E-state index in [1.165, 1.54) is 6.07 Å². The minimum Gasteiger partial charge on any atom is -0.356 e. The van der Waals surface area contributed by atoms with Crippen LogP contribution < -0.4 is 16.0 Å². The van der Waals surface area contributed by atoms with E-state index in [2.05, 4.69) is 20.9 Å². The second kappa shape index (κ2) is 10.6. The van der Waals surface area contributed by atoms with Gasteiger partial charge in [-0.3, -0.25) is 9.79 Å². The van der Waals surface area contributed by atoms with Gasteiger partial charge in [0.05, 0.1) is 0 Å². The molecule has 0 aliphatic carbocycles. The minimum atomic E-state index is -0.195. The average molecular weight is 308 g/mol. The minimum absolute atomic E-state index is 0.0242. The second-order valence-corrected chi connectivity index (χ2v) is 4.87. The Balaban J connectivity index is 2.23. The first-order valence-electron chi connectivity index (χ1n) is 7.62. The molecule has 0 saturated carbocycles. The van der Waals surface area contributed by atoms with Crippen LogP contribution in [-0.2, 0) is 11.2 Å². The highest BCUT2D eigenvalue weighted by Crippen LogP contribution is 2.05. The maximum atomic E-state index is 13.5. The van der Waals surface area contributed by atoms with Crippen LogP contribution in [0.25, 0.3) is 0 Å². The molecule has 1 aromatic rings. The number of hydrogen-bond donors (Lipinski definition) is 3. The molecule has 0 aromatic heterocycles. The molecule has 3 N–H and O–H groups in total. The number of hydrogen-bond acceptors (Lipinski definition) is 2. The van der Waals surface area contributed by atoms with Crippen molar-refractivity contribution >= 4 is 11.9 Å². The van der Waals surface area contributed by atoms with E-state index in [0.717, 1.165) is 6.42 Å². The SMILES string of the molecule is CCCNC(=O)CCNC(=NC)NCCc1ccccc1F. The van der Waals surface area contributed by atoms with Crippen molar-refractivity contribution in [1.29, 1.82) is 0 Å². The summed E-state index contributed by atoms with van der Waals surface area (Å²) in [6, 6.07) is 6.72. The lowest BCUT2D eigenvalue weighted by molar-refractivity contribution is -0.120. The van der Waals surface area contributed by atoms with Crippen LogP contribution in [0.5, 0.6) is 0 Å². The second-order valence-electron chi connectivity index (χ2n) is 4.87. The van der Waals surface area contributed by atoms with Gasteiger partial charge < -0.3 is 16.0 Å². The monoisotopic (exact) mass is 308 g/mol. The molecule has 0 bridgehead atoms. The highest BCUT2D eigenvalue weighted by atomic mass is 19.1. The summed E-state index contributed by atoms with van der Waals surface area (Å²) >= 11 is 0. The molecule has 6 heteroatoms. The molecule has 0 saturated heterocycles. The third-order valence-electron chi connectivity index (χ3n) is 3.08. The van der Waals surface area contributed by atoms with E-state index in [0.29, 0.717) is 44.0 Å². The molecule has 1 rings (SSSR count). The normalized spacial score (nSPS) is 11.1. The van der Waals surface area contributed by atoms with E-state index in [9.17, 15) is 9.18 Å². The van der Waals surface area contributed by atoms with Gasteiger partial charge in [0, 0.05) is 33.1 Å². The Hall–Kier alpha value is -2.11. The van der Waals surface area contributed by atoms with Crippen LogP contribution in [0.3, 0.4) is 0 Å². The Morgan fingerprint density at radius 3 is 2.55 bits per heavy atom. The number of amides is 1. The predicted molar refractivity (Wildman–Crippen MR) is 87.4 cm³/mol. The van der Waals surface area contributed by atoms with Crippen molar-refractivity contribution in [2.24, 2.45) is 4.99 Å². The number of carbonyl (C=O) groups is 1. The fourth-order valence-corrected chi connectivity index (χ4v) is 1.88. The summed E-state index contributed by atoms with van der Waals surface area (Å²) in [5, 5.41) is 8.98. The van der Waals surface area contributed by atoms with Gasteiger partial charge in [-0.1, -0.05) is 25.1 Å². The Morgan fingerprint density at radius 2 is 1.86 bits per heavy atom. The zero-order chi connectivity index (χ0) is 16.2. The average Bonchev–Trinajstić information content (AvgIpc) is 2.53. The number of carbonyl (C=O) groups excluding carboxylic acids is 1. The maximum Gasteiger partial charge on any atom is 0.221 e. The van der Waals surface area contributed by atoms with Crippen LogP contribution in [0.2, 0.25) is 0 Å². The Morgan fingerprint density at radius 1 is 1.14 bits per heavy atom. The topological polar surface area (TPSA) is 65.5 Å². The molecule has 1 aromatic carbocycles. The summed E-state index contributed by atoms with van der Waals surface area (Å²) in [5.74, 6) is 0.440. The highest BCUT2D eigenvalue weighted by Gasteiger charge is 2.03. The van der Waals surface area contributed by atoms with Crippen LogP contribution in [-0.4, -0.2) is 38.5 Å². The van der Waals surface area contributed by atoms with Crippen molar-refractivity contribution in [2.45, 2.75) is 26.2 Å². The van der Waals surface area contributed by atoms with Crippen LogP contribution in [0, 0.1) is 5.82 Å². The third kappa shape index (κ3) is 7.06. The van der Waals surface area contributed by atoms with Crippen LogP contribution >= 0.6 is 0 Å². The van der Waals surface area contributed by atoms with Crippen LogP contribution in [0.15, 0.2) is 29.3 Å². The molecule has 0 aliphatic rings. The molecule has 22 heavy (non-hydrogen) atoms. The first-order valence-corrected chi connectivity index (χ1v) is 7.62. The Labute approximate surface area is 131 Å². The number of benzene rings is 1. The number of nitrogens with one attached hydrogen (secondary N) is 3. The largest absolute Gasteiger partial charge is 0.356 e. The molecular weight excluding hydrogens is 283 g/mol. The molecule has 122 valence electrons. The van der Waals surface area contributed by atoms with Crippen molar-refractivity contribution in [3.05, 3.63) is 35.6 Å². The first-order chi connectivity index (χ1) is 10.7. The Kier molecular flexibility index (Phi) is 8.64. The lowest BCUT2D eigenvalue weighted by atomic mass is 10.1. The first kappa shape index (κ1) is 17.9. The summed E-state index contributed by atoms with van der Waals surface area (Å²) in [4.78, 5) is 15.5. The molecule has 0 spiro atoms. The standard InChI is InChI=1S/C16H25FN4O/c1-3-10-19-15(22)9-12-21-16(18-2)20-11-8-13-6-4-5-7-14(13)17/h4-7H,3,8-12H2,1-2H3,(H,19,22)(H2,18,20,21). The maximum absolute atomic E-state index is 13.5. The molecule has 1 amide bonds. The van der Waals surface area contributed by atoms with Crippen molar-refractivity contribution in [3.8, 4) is 0 Å². The van der Waals surface area contributed by atoms with Crippen molar-refractivity contribution in [2.75, 3.05) is 26.7 Å². The molecule has 0 radical (unpaired) electrons. The number of aliphatic imine (C=N–C) groups is 1. The van der Waals surface area contributed by atoms with Gasteiger partial charge in [-0.15, -0.1) is 0 Å². The van der Waals surface area contributed by atoms with Gasteiger partial charge in [0.2, 0.25) is 5.91 Å². The van der Waals surface area contributed by atoms with Gasteiger partial charge in [0.1, 0.15) is 5.82 Å². The lowest BCUT2D eigenvalue weighted by Crippen LogP contribution is -2.40. The van der Waals surface area contributed by atoms with E-state index in [1.807, 2.05) is 13.0 Å².